The molecule has 2 atom stereocenters. The minimum absolute atomic E-state index is 0.0458. The van der Waals surface area contributed by atoms with Crippen molar-refractivity contribution < 1.29 is 14.6 Å². The Kier molecular flexibility index (Phi) is 4.29. The molecule has 1 aromatic rings. The zero-order chi connectivity index (χ0) is 14.0. The minimum atomic E-state index is -0.336. The Balaban J connectivity index is 2.21. The zero-order valence-electron chi connectivity index (χ0n) is 10.7. The highest BCUT2D eigenvalue weighted by atomic mass is 35.5. The number of rotatable bonds is 2. The van der Waals surface area contributed by atoms with Gasteiger partial charge in [0, 0.05) is 22.8 Å². The van der Waals surface area contributed by atoms with Gasteiger partial charge in [0.1, 0.15) is 0 Å². The number of nitrogens with two attached hydrogens (primary N) is 1. The third kappa shape index (κ3) is 3.18. The van der Waals surface area contributed by atoms with Crippen LogP contribution in [0.4, 0.5) is 5.69 Å². The van der Waals surface area contributed by atoms with E-state index >= 15 is 0 Å². The number of hydrogen-bond acceptors (Lipinski definition) is 4. The molecule has 1 fully saturated rings. The molecule has 0 bridgehead atoms. The van der Waals surface area contributed by atoms with Gasteiger partial charge >= 0.3 is 0 Å². The maximum absolute atomic E-state index is 12.5. The van der Waals surface area contributed by atoms with Crippen molar-refractivity contribution in [3.05, 3.63) is 28.8 Å². The molecule has 2 rings (SSSR count). The van der Waals surface area contributed by atoms with Crippen LogP contribution in [0, 0.1) is 0 Å². The first-order valence-electron chi connectivity index (χ1n) is 6.10. The van der Waals surface area contributed by atoms with Gasteiger partial charge in [-0.2, -0.15) is 0 Å². The van der Waals surface area contributed by atoms with Crippen molar-refractivity contribution in [2.75, 3.05) is 25.5 Å². The van der Waals surface area contributed by atoms with Gasteiger partial charge in [-0.25, -0.2) is 0 Å². The van der Waals surface area contributed by atoms with Crippen LogP contribution in [-0.4, -0.2) is 47.8 Å². The summed E-state index contributed by atoms with van der Waals surface area (Å²) >= 11 is 5.91. The maximum atomic E-state index is 12.5. The Morgan fingerprint density at radius 2 is 2.32 bits per heavy atom. The number of carbonyl (C=O) groups is 1. The summed E-state index contributed by atoms with van der Waals surface area (Å²) in [4.78, 5) is 14.1. The number of anilines is 1. The van der Waals surface area contributed by atoms with Crippen LogP contribution in [0.2, 0.25) is 5.02 Å². The summed E-state index contributed by atoms with van der Waals surface area (Å²) in [5.41, 5.74) is 6.60. The first kappa shape index (κ1) is 14.1. The van der Waals surface area contributed by atoms with E-state index in [0.29, 0.717) is 29.4 Å². The maximum Gasteiger partial charge on any atom is 0.254 e. The second kappa shape index (κ2) is 5.77. The first-order valence-corrected chi connectivity index (χ1v) is 6.48. The summed E-state index contributed by atoms with van der Waals surface area (Å²) in [5.74, 6) is -0.150. The topological polar surface area (TPSA) is 75.8 Å². The normalized spacial score (nSPS) is 23.4. The average molecular weight is 285 g/mol. The molecule has 0 radical (unpaired) electrons. The molecule has 1 heterocycles. The molecule has 5 nitrogen and oxygen atoms in total. The third-order valence-electron chi connectivity index (χ3n) is 3.14. The molecule has 1 saturated heterocycles. The fourth-order valence-electron chi connectivity index (χ4n) is 2.11. The van der Waals surface area contributed by atoms with Gasteiger partial charge in [-0.05, 0) is 25.1 Å². The molecule has 0 aliphatic carbocycles. The van der Waals surface area contributed by atoms with Crippen molar-refractivity contribution in [1.29, 1.82) is 0 Å². The summed E-state index contributed by atoms with van der Waals surface area (Å²) in [6.07, 6.45) is -0.336. The van der Waals surface area contributed by atoms with Gasteiger partial charge < -0.3 is 20.5 Å². The smallest absolute Gasteiger partial charge is 0.254 e. The van der Waals surface area contributed by atoms with E-state index in [1.807, 2.05) is 6.92 Å². The Labute approximate surface area is 116 Å². The van der Waals surface area contributed by atoms with E-state index < -0.39 is 0 Å². The Morgan fingerprint density at radius 1 is 1.58 bits per heavy atom. The van der Waals surface area contributed by atoms with Crippen LogP contribution in [-0.2, 0) is 4.74 Å². The average Bonchev–Trinajstić information content (AvgIpc) is 2.37. The quantitative estimate of drug-likeness (QED) is 0.799. The molecule has 104 valence electrons. The monoisotopic (exact) mass is 284 g/mol. The van der Waals surface area contributed by atoms with E-state index in [2.05, 4.69) is 0 Å². The molecular weight excluding hydrogens is 268 g/mol. The molecule has 0 spiro atoms. The molecular formula is C13H17ClN2O3. The number of nitrogen functional groups attached to an aromatic ring is 1. The lowest BCUT2D eigenvalue weighted by molar-refractivity contribution is -0.0667. The van der Waals surface area contributed by atoms with Crippen LogP contribution in [0.25, 0.3) is 0 Å². The zero-order valence-corrected chi connectivity index (χ0v) is 11.4. The van der Waals surface area contributed by atoms with Crippen LogP contribution < -0.4 is 5.73 Å². The van der Waals surface area contributed by atoms with Crippen LogP contribution in [0.3, 0.4) is 0 Å². The highest BCUT2D eigenvalue weighted by molar-refractivity contribution is 6.31. The van der Waals surface area contributed by atoms with Crippen molar-refractivity contribution in [2.45, 2.75) is 19.1 Å². The molecule has 0 aromatic heterocycles. The number of carbonyl (C=O) groups excluding carboxylic acids is 1. The number of amides is 1. The number of nitrogens with zero attached hydrogens (tertiary/aromatic N) is 1. The van der Waals surface area contributed by atoms with Crippen molar-refractivity contribution >= 4 is 23.2 Å². The van der Waals surface area contributed by atoms with Gasteiger partial charge in [-0.1, -0.05) is 11.6 Å². The standard InChI is InChI=1S/C13H17ClN2O3/c1-8-7-19-12(6-17)5-16(8)13(18)9-2-10(14)4-11(15)3-9/h2-4,8,12,17H,5-7,15H2,1H3. The predicted octanol–water partition coefficient (Wildman–Crippen LogP) is 1.14. The lowest BCUT2D eigenvalue weighted by Gasteiger charge is -2.37. The highest BCUT2D eigenvalue weighted by Gasteiger charge is 2.30. The first-order chi connectivity index (χ1) is 9.01. The number of ether oxygens (including phenoxy) is 1. The lowest BCUT2D eigenvalue weighted by Crippen LogP contribution is -2.52. The summed E-state index contributed by atoms with van der Waals surface area (Å²) in [6, 6.07) is 4.74. The summed E-state index contributed by atoms with van der Waals surface area (Å²) in [6.45, 7) is 2.57. The second-order valence-electron chi connectivity index (χ2n) is 4.72. The fourth-order valence-corrected chi connectivity index (χ4v) is 2.36. The van der Waals surface area contributed by atoms with Crippen molar-refractivity contribution in [2.24, 2.45) is 0 Å². The summed E-state index contributed by atoms with van der Waals surface area (Å²) in [5, 5.41) is 9.56. The number of hydrogen-bond donors (Lipinski definition) is 2. The predicted molar refractivity (Wildman–Crippen MR) is 73.2 cm³/mol. The van der Waals surface area contributed by atoms with E-state index in [1.54, 1.807) is 23.1 Å². The van der Waals surface area contributed by atoms with Crippen LogP contribution in [0.1, 0.15) is 17.3 Å². The largest absolute Gasteiger partial charge is 0.399 e. The van der Waals surface area contributed by atoms with E-state index in [1.165, 1.54) is 0 Å². The Morgan fingerprint density at radius 3 is 2.95 bits per heavy atom. The molecule has 3 N–H and O–H groups in total. The number of halogens is 1. The van der Waals surface area contributed by atoms with Gasteiger partial charge in [0.15, 0.2) is 0 Å². The molecule has 1 aliphatic heterocycles. The number of morpholine rings is 1. The SMILES string of the molecule is CC1COC(CO)CN1C(=O)c1cc(N)cc(Cl)c1. The van der Waals surface area contributed by atoms with Crippen molar-refractivity contribution in [1.82, 2.24) is 4.90 Å². The second-order valence-corrected chi connectivity index (χ2v) is 5.15. The van der Waals surface area contributed by atoms with E-state index in [0.717, 1.165) is 0 Å². The van der Waals surface area contributed by atoms with Gasteiger partial charge in [0.05, 0.1) is 25.4 Å². The lowest BCUT2D eigenvalue weighted by atomic mass is 10.1. The van der Waals surface area contributed by atoms with Gasteiger partial charge in [0.25, 0.3) is 5.91 Å². The molecule has 2 unspecified atom stereocenters. The molecule has 1 aliphatic rings. The molecule has 0 saturated carbocycles. The van der Waals surface area contributed by atoms with Crippen molar-refractivity contribution in [3.8, 4) is 0 Å². The summed E-state index contributed by atoms with van der Waals surface area (Å²) in [7, 11) is 0. The number of benzene rings is 1. The van der Waals surface area contributed by atoms with Crippen LogP contribution in [0.5, 0.6) is 0 Å². The minimum Gasteiger partial charge on any atom is -0.399 e. The summed E-state index contributed by atoms with van der Waals surface area (Å²) < 4.78 is 5.41. The van der Waals surface area contributed by atoms with Gasteiger partial charge in [-0.15, -0.1) is 0 Å². The highest BCUT2D eigenvalue weighted by Crippen LogP contribution is 2.21. The van der Waals surface area contributed by atoms with E-state index in [9.17, 15) is 4.79 Å². The van der Waals surface area contributed by atoms with Gasteiger partial charge in [0.2, 0.25) is 0 Å². The number of aliphatic hydroxyl groups is 1. The Bertz CT molecular complexity index is 461. The van der Waals surface area contributed by atoms with Crippen LogP contribution in [0.15, 0.2) is 18.2 Å². The molecule has 1 aromatic carbocycles. The molecule has 19 heavy (non-hydrogen) atoms. The Hall–Kier alpha value is -1.30. The molecule has 1 amide bonds. The van der Waals surface area contributed by atoms with E-state index in [-0.39, 0.29) is 24.7 Å². The van der Waals surface area contributed by atoms with Crippen LogP contribution >= 0.6 is 11.6 Å². The fraction of sp³-hybridized carbons (Fsp3) is 0.462. The van der Waals surface area contributed by atoms with Gasteiger partial charge in [-0.3, -0.25) is 4.79 Å². The van der Waals surface area contributed by atoms with Crippen molar-refractivity contribution in [3.63, 3.8) is 0 Å². The third-order valence-corrected chi connectivity index (χ3v) is 3.36. The number of aliphatic hydroxyl groups excluding tert-OH is 1. The molecule has 6 heteroatoms. The van der Waals surface area contributed by atoms with E-state index in [4.69, 9.17) is 27.2 Å².